The minimum atomic E-state index is -1.78. The van der Waals surface area contributed by atoms with Gasteiger partial charge in [-0.05, 0) is 157 Å². The summed E-state index contributed by atoms with van der Waals surface area (Å²) in [5.41, 5.74) is 3.23. The molecule has 0 amide bonds. The van der Waals surface area contributed by atoms with Gasteiger partial charge in [-0.1, -0.05) is 6.92 Å². The third-order valence-corrected chi connectivity index (χ3v) is 12.2. The standard InChI is InChI=1S/C30H56O4Si4/c1-30-17-16-22-23(25(30)20-28(33-37(8,9)10)29(30)34-38(11,12)13)15-14-21-18-26(31-35(2,3)4)27(19-24(21)22)32-36(5,6)7/h18-19,22-23,25,28-29H,14-17,20H2,1-13H3/t22-,23+,25-,28+,29-,30-/m0/s1. The van der Waals surface area contributed by atoms with Crippen molar-refractivity contribution in [3.8, 4) is 11.5 Å². The Kier molecular flexibility index (Phi) is 8.17. The first kappa shape index (κ1) is 30.6. The van der Waals surface area contributed by atoms with Gasteiger partial charge in [0.15, 0.2) is 16.6 Å². The van der Waals surface area contributed by atoms with Crippen molar-refractivity contribution >= 4 is 33.3 Å². The molecular formula is C30H56O4Si4. The first-order chi connectivity index (χ1) is 17.2. The van der Waals surface area contributed by atoms with E-state index in [1.165, 1.54) is 30.4 Å². The lowest BCUT2D eigenvalue weighted by Gasteiger charge is -2.51. The van der Waals surface area contributed by atoms with Crippen molar-refractivity contribution in [3.05, 3.63) is 23.3 Å². The summed E-state index contributed by atoms with van der Waals surface area (Å²) in [6.07, 6.45) is 6.47. The quantitative estimate of drug-likeness (QED) is 0.282. The van der Waals surface area contributed by atoms with E-state index in [1.54, 1.807) is 0 Å². The zero-order valence-electron chi connectivity index (χ0n) is 26.7. The van der Waals surface area contributed by atoms with Gasteiger partial charge in [0, 0.05) is 0 Å². The van der Waals surface area contributed by atoms with Crippen LogP contribution in [0.25, 0.3) is 0 Å². The molecule has 0 unspecified atom stereocenters. The first-order valence-electron chi connectivity index (χ1n) is 15.1. The fourth-order valence-corrected chi connectivity index (χ4v) is 11.4. The molecule has 0 aliphatic heterocycles. The molecule has 216 valence electrons. The molecule has 3 aliphatic carbocycles. The summed E-state index contributed by atoms with van der Waals surface area (Å²) in [4.78, 5) is 0. The highest BCUT2D eigenvalue weighted by Crippen LogP contribution is 2.63. The minimum Gasteiger partial charge on any atom is -0.542 e. The van der Waals surface area contributed by atoms with Gasteiger partial charge in [0.05, 0.1) is 12.2 Å². The van der Waals surface area contributed by atoms with E-state index in [0.717, 1.165) is 24.3 Å². The number of fused-ring (bicyclic) bond motifs is 5. The normalized spacial score (nSPS) is 31.9. The molecule has 2 saturated carbocycles. The Bertz CT molecular complexity index is 1020. The van der Waals surface area contributed by atoms with Crippen LogP contribution < -0.4 is 8.85 Å². The molecule has 0 radical (unpaired) electrons. The average Bonchev–Trinajstić information content (AvgIpc) is 2.95. The molecule has 0 spiro atoms. The largest absolute Gasteiger partial charge is 0.542 e. The van der Waals surface area contributed by atoms with Gasteiger partial charge < -0.3 is 17.7 Å². The molecule has 0 aromatic heterocycles. The van der Waals surface area contributed by atoms with Crippen LogP contribution in [0.5, 0.6) is 11.5 Å². The molecule has 0 saturated heterocycles. The van der Waals surface area contributed by atoms with E-state index in [4.69, 9.17) is 17.7 Å². The lowest BCUT2D eigenvalue weighted by atomic mass is 9.55. The van der Waals surface area contributed by atoms with Gasteiger partial charge in [0.2, 0.25) is 16.6 Å². The number of hydrogen-bond acceptors (Lipinski definition) is 4. The number of rotatable bonds is 8. The average molecular weight is 593 g/mol. The molecule has 3 aliphatic rings. The van der Waals surface area contributed by atoms with E-state index in [1.807, 2.05) is 0 Å². The van der Waals surface area contributed by atoms with Gasteiger partial charge in [0.1, 0.15) is 11.5 Å². The molecule has 1 aromatic rings. The summed E-state index contributed by atoms with van der Waals surface area (Å²) >= 11 is 0. The number of aryl methyl sites for hydroxylation is 1. The Morgan fingerprint density at radius 3 is 1.79 bits per heavy atom. The van der Waals surface area contributed by atoms with Crippen LogP contribution in [0.2, 0.25) is 78.6 Å². The van der Waals surface area contributed by atoms with E-state index in [-0.39, 0.29) is 17.6 Å². The summed E-state index contributed by atoms with van der Waals surface area (Å²) in [6, 6.07) is 4.76. The summed E-state index contributed by atoms with van der Waals surface area (Å²) in [5.74, 6) is 3.91. The first-order valence-corrected chi connectivity index (χ1v) is 28.7. The SMILES string of the molecule is C[C@]12CC[C@@H]3c4cc(O[Si](C)(C)C)c(O[Si](C)(C)C)cc4CC[C@H]3[C@@H]1C[C@@H](O[Si](C)(C)C)[C@@H]2O[Si](C)(C)C. The highest BCUT2D eigenvalue weighted by molar-refractivity contribution is 6.71. The number of benzene rings is 1. The third kappa shape index (κ3) is 6.90. The highest BCUT2D eigenvalue weighted by Gasteiger charge is 2.60. The molecule has 6 atom stereocenters. The summed E-state index contributed by atoms with van der Waals surface area (Å²) in [7, 11) is -6.92. The monoisotopic (exact) mass is 592 g/mol. The zero-order valence-corrected chi connectivity index (χ0v) is 30.7. The van der Waals surface area contributed by atoms with Crippen molar-refractivity contribution in [1.29, 1.82) is 0 Å². The van der Waals surface area contributed by atoms with Crippen LogP contribution >= 0.6 is 0 Å². The molecule has 38 heavy (non-hydrogen) atoms. The Hall–Kier alpha value is -0.392. The van der Waals surface area contributed by atoms with E-state index < -0.39 is 33.3 Å². The predicted octanol–water partition coefficient (Wildman–Crippen LogP) is 9.02. The molecule has 8 heteroatoms. The summed E-state index contributed by atoms with van der Waals surface area (Å²) in [6.45, 7) is 30.2. The second-order valence-corrected chi connectivity index (χ2v) is 34.3. The van der Waals surface area contributed by atoms with Crippen molar-refractivity contribution in [2.75, 3.05) is 0 Å². The van der Waals surface area contributed by atoms with Gasteiger partial charge in [-0.25, -0.2) is 0 Å². The summed E-state index contributed by atoms with van der Waals surface area (Å²) in [5, 5.41) is 0. The smallest absolute Gasteiger partial charge is 0.242 e. The van der Waals surface area contributed by atoms with Crippen molar-refractivity contribution in [2.45, 2.75) is 136 Å². The minimum absolute atomic E-state index is 0.196. The van der Waals surface area contributed by atoms with Crippen LogP contribution in [0.15, 0.2) is 12.1 Å². The zero-order chi connectivity index (χ0) is 28.5. The van der Waals surface area contributed by atoms with Gasteiger partial charge in [-0.15, -0.1) is 0 Å². The van der Waals surface area contributed by atoms with Gasteiger partial charge >= 0.3 is 0 Å². The molecule has 2 fully saturated rings. The third-order valence-electron chi connectivity index (χ3n) is 8.52. The van der Waals surface area contributed by atoms with Gasteiger partial charge in [-0.3, -0.25) is 0 Å². The maximum Gasteiger partial charge on any atom is 0.242 e. The maximum absolute atomic E-state index is 7.02. The molecule has 0 bridgehead atoms. The van der Waals surface area contributed by atoms with Gasteiger partial charge in [0.25, 0.3) is 0 Å². The van der Waals surface area contributed by atoms with E-state index in [9.17, 15) is 0 Å². The Morgan fingerprint density at radius 2 is 1.26 bits per heavy atom. The van der Waals surface area contributed by atoms with E-state index in [0.29, 0.717) is 17.8 Å². The van der Waals surface area contributed by atoms with Crippen LogP contribution in [-0.2, 0) is 15.3 Å². The van der Waals surface area contributed by atoms with Crippen molar-refractivity contribution in [1.82, 2.24) is 0 Å². The Morgan fingerprint density at radius 1 is 0.711 bits per heavy atom. The number of hydrogen-bond donors (Lipinski definition) is 0. The Labute approximate surface area is 238 Å². The molecule has 1 aromatic carbocycles. The van der Waals surface area contributed by atoms with Crippen LogP contribution in [0.4, 0.5) is 0 Å². The lowest BCUT2D eigenvalue weighted by molar-refractivity contribution is -0.0363. The second-order valence-electron chi connectivity index (χ2n) is 16.5. The molecule has 0 heterocycles. The maximum atomic E-state index is 7.02. The second kappa shape index (κ2) is 10.2. The van der Waals surface area contributed by atoms with E-state index >= 15 is 0 Å². The van der Waals surface area contributed by atoms with Crippen LogP contribution in [0, 0.1) is 17.3 Å². The van der Waals surface area contributed by atoms with E-state index in [2.05, 4.69) is 97.6 Å². The van der Waals surface area contributed by atoms with Crippen LogP contribution in [-0.4, -0.2) is 45.5 Å². The van der Waals surface area contributed by atoms with Crippen molar-refractivity contribution in [3.63, 3.8) is 0 Å². The Balaban J connectivity index is 1.70. The lowest BCUT2D eigenvalue weighted by Crippen LogP contribution is -2.50. The van der Waals surface area contributed by atoms with Gasteiger partial charge in [-0.2, -0.15) is 0 Å². The fourth-order valence-electron chi connectivity index (χ4n) is 7.50. The molecule has 4 rings (SSSR count). The van der Waals surface area contributed by atoms with Crippen LogP contribution in [0.1, 0.15) is 49.7 Å². The summed E-state index contributed by atoms with van der Waals surface area (Å²) < 4.78 is 27.2. The molecular weight excluding hydrogens is 537 g/mol. The molecule has 0 N–H and O–H groups in total. The van der Waals surface area contributed by atoms with Crippen LogP contribution in [0.3, 0.4) is 0 Å². The fraction of sp³-hybridized carbons (Fsp3) is 0.800. The molecule has 4 nitrogen and oxygen atoms in total. The van der Waals surface area contributed by atoms with Crippen molar-refractivity contribution in [2.24, 2.45) is 17.3 Å². The van der Waals surface area contributed by atoms with Crippen molar-refractivity contribution < 1.29 is 17.7 Å². The topological polar surface area (TPSA) is 36.9 Å². The highest BCUT2D eigenvalue weighted by atomic mass is 28.4. The predicted molar refractivity (Wildman–Crippen MR) is 171 cm³/mol.